The molecule has 18 heavy (non-hydrogen) atoms. The Balaban J connectivity index is 3.88. The van der Waals surface area contributed by atoms with Crippen molar-refractivity contribution in [1.82, 2.24) is 0 Å². The molecule has 0 bridgehead atoms. The molecule has 0 heterocycles. The van der Waals surface area contributed by atoms with E-state index in [9.17, 15) is 9.59 Å². The first-order valence-electron chi connectivity index (χ1n) is 6.07. The van der Waals surface area contributed by atoms with E-state index in [0.29, 0.717) is 30.6 Å². The maximum absolute atomic E-state index is 11.3. The average Bonchev–Trinajstić information content (AvgIpc) is 2.31. The smallest absolute Gasteiger partial charge is 0.333 e. The molecule has 0 rings (SSSR count). The summed E-state index contributed by atoms with van der Waals surface area (Å²) in [7, 11) is 0. The van der Waals surface area contributed by atoms with Gasteiger partial charge in [-0.25, -0.2) is 9.59 Å². The number of carbonyl (C=O) groups excluding carboxylic acids is 2. The van der Waals surface area contributed by atoms with Gasteiger partial charge in [-0.3, -0.25) is 0 Å². The lowest BCUT2D eigenvalue weighted by Crippen LogP contribution is -2.18. The highest BCUT2D eigenvalue weighted by Gasteiger charge is 2.13. The minimum atomic E-state index is -0.387. The predicted molar refractivity (Wildman–Crippen MR) is 70.0 cm³/mol. The zero-order chi connectivity index (χ0) is 14.1. The average molecular weight is 254 g/mol. The number of esters is 2. The van der Waals surface area contributed by atoms with Crippen molar-refractivity contribution < 1.29 is 19.1 Å². The van der Waals surface area contributed by atoms with Gasteiger partial charge in [-0.15, -0.1) is 0 Å². The molecule has 0 saturated heterocycles. The second-order valence-electron chi connectivity index (χ2n) is 4.27. The minimum absolute atomic E-state index is 0.155. The van der Waals surface area contributed by atoms with Gasteiger partial charge in [-0.05, 0) is 33.1 Å². The Bertz CT molecular complexity index is 331. The largest absolute Gasteiger partial charge is 0.462 e. The van der Waals surface area contributed by atoms with Crippen molar-refractivity contribution in [2.45, 2.75) is 46.1 Å². The minimum Gasteiger partial charge on any atom is -0.462 e. The predicted octanol–water partition coefficient (Wildman–Crippen LogP) is 2.78. The van der Waals surface area contributed by atoms with Crippen LogP contribution in [-0.4, -0.2) is 24.6 Å². The van der Waals surface area contributed by atoms with Gasteiger partial charge in [-0.1, -0.05) is 20.1 Å². The highest BCUT2D eigenvalue weighted by atomic mass is 16.5. The Morgan fingerprint density at radius 2 is 1.67 bits per heavy atom. The lowest BCUT2D eigenvalue weighted by molar-refractivity contribution is -0.146. The van der Waals surface area contributed by atoms with E-state index in [4.69, 9.17) is 9.47 Å². The molecule has 4 nitrogen and oxygen atoms in total. The quantitative estimate of drug-likeness (QED) is 0.380. The molecule has 0 aromatic carbocycles. The molecule has 0 fully saturated rings. The fourth-order valence-electron chi connectivity index (χ4n) is 1.20. The van der Waals surface area contributed by atoms with Crippen molar-refractivity contribution in [1.29, 1.82) is 0 Å². The fraction of sp³-hybridized carbons (Fsp3) is 0.571. The molecule has 0 N–H and O–H groups in total. The standard InChI is InChI=1S/C14H22O4/c1-6-12(18-14(16)11(4)5)8-7-9-17-13(15)10(2)3/h12H,2,4,6-9H2,1,3,5H3. The molecule has 0 aliphatic heterocycles. The summed E-state index contributed by atoms with van der Waals surface area (Å²) >= 11 is 0. The maximum Gasteiger partial charge on any atom is 0.333 e. The molecule has 0 spiro atoms. The van der Waals surface area contributed by atoms with Crippen LogP contribution in [0.3, 0.4) is 0 Å². The summed E-state index contributed by atoms with van der Waals surface area (Å²) in [5.41, 5.74) is 0.776. The van der Waals surface area contributed by atoms with Crippen LogP contribution in [0.15, 0.2) is 24.3 Å². The highest BCUT2D eigenvalue weighted by Crippen LogP contribution is 2.09. The van der Waals surface area contributed by atoms with Gasteiger partial charge in [0, 0.05) is 11.1 Å². The van der Waals surface area contributed by atoms with Crippen LogP contribution < -0.4 is 0 Å². The van der Waals surface area contributed by atoms with Crippen molar-refractivity contribution in [2.24, 2.45) is 0 Å². The van der Waals surface area contributed by atoms with Crippen LogP contribution in [0.2, 0.25) is 0 Å². The summed E-state index contributed by atoms with van der Waals surface area (Å²) in [6.45, 7) is 12.5. The van der Waals surface area contributed by atoms with E-state index in [0.717, 1.165) is 6.42 Å². The number of rotatable bonds is 8. The summed E-state index contributed by atoms with van der Waals surface area (Å²) in [4.78, 5) is 22.4. The van der Waals surface area contributed by atoms with Gasteiger partial charge in [-0.2, -0.15) is 0 Å². The van der Waals surface area contributed by atoms with E-state index < -0.39 is 0 Å². The fourth-order valence-corrected chi connectivity index (χ4v) is 1.20. The molecule has 1 unspecified atom stereocenters. The summed E-state index contributed by atoms with van der Waals surface area (Å²) in [6, 6.07) is 0. The molecule has 0 aromatic heterocycles. The highest BCUT2D eigenvalue weighted by molar-refractivity contribution is 5.87. The topological polar surface area (TPSA) is 52.6 Å². The first-order chi connectivity index (χ1) is 8.38. The Morgan fingerprint density at radius 1 is 1.11 bits per heavy atom. The summed E-state index contributed by atoms with van der Waals surface area (Å²) in [5.74, 6) is -0.761. The molecule has 102 valence electrons. The number of hydrogen-bond acceptors (Lipinski definition) is 4. The van der Waals surface area contributed by atoms with Crippen LogP contribution in [0.25, 0.3) is 0 Å². The van der Waals surface area contributed by atoms with Crippen LogP contribution in [-0.2, 0) is 19.1 Å². The molecule has 4 heteroatoms. The van der Waals surface area contributed by atoms with Crippen LogP contribution in [0.5, 0.6) is 0 Å². The molecular formula is C14H22O4. The van der Waals surface area contributed by atoms with Crippen molar-refractivity contribution in [3.05, 3.63) is 24.3 Å². The Morgan fingerprint density at radius 3 is 2.11 bits per heavy atom. The monoisotopic (exact) mass is 254 g/mol. The van der Waals surface area contributed by atoms with Crippen molar-refractivity contribution in [3.63, 3.8) is 0 Å². The second kappa shape index (κ2) is 8.50. The van der Waals surface area contributed by atoms with Gasteiger partial charge in [0.1, 0.15) is 6.10 Å². The maximum atomic E-state index is 11.3. The number of ether oxygens (including phenoxy) is 2. The molecule has 0 aliphatic rings. The molecule has 0 radical (unpaired) electrons. The van der Waals surface area contributed by atoms with Crippen molar-refractivity contribution >= 4 is 11.9 Å². The lowest BCUT2D eigenvalue weighted by Gasteiger charge is -2.16. The Hall–Kier alpha value is -1.58. The third-order valence-electron chi connectivity index (χ3n) is 2.33. The molecule has 0 aromatic rings. The Labute approximate surface area is 109 Å². The summed E-state index contributed by atoms with van der Waals surface area (Å²) in [6.07, 6.45) is 1.89. The third-order valence-corrected chi connectivity index (χ3v) is 2.33. The number of hydrogen-bond donors (Lipinski definition) is 0. The molecule has 0 amide bonds. The van der Waals surface area contributed by atoms with E-state index in [2.05, 4.69) is 13.2 Å². The van der Waals surface area contributed by atoms with E-state index in [1.54, 1.807) is 13.8 Å². The van der Waals surface area contributed by atoms with Crippen LogP contribution in [0.4, 0.5) is 0 Å². The van der Waals surface area contributed by atoms with E-state index in [1.165, 1.54) is 0 Å². The van der Waals surface area contributed by atoms with Crippen LogP contribution >= 0.6 is 0 Å². The first kappa shape index (κ1) is 16.4. The van der Waals surface area contributed by atoms with Gasteiger partial charge in [0.05, 0.1) is 6.61 Å². The van der Waals surface area contributed by atoms with Gasteiger partial charge in [0.2, 0.25) is 0 Å². The zero-order valence-corrected chi connectivity index (χ0v) is 11.5. The van der Waals surface area contributed by atoms with Gasteiger partial charge < -0.3 is 9.47 Å². The van der Waals surface area contributed by atoms with E-state index in [-0.39, 0.29) is 18.0 Å². The lowest BCUT2D eigenvalue weighted by atomic mass is 10.1. The molecule has 1 atom stereocenters. The van der Waals surface area contributed by atoms with Crippen molar-refractivity contribution in [2.75, 3.05) is 6.61 Å². The van der Waals surface area contributed by atoms with Gasteiger partial charge in [0.15, 0.2) is 0 Å². The number of carbonyl (C=O) groups is 2. The van der Waals surface area contributed by atoms with Crippen molar-refractivity contribution in [3.8, 4) is 0 Å². The zero-order valence-electron chi connectivity index (χ0n) is 11.5. The van der Waals surface area contributed by atoms with Gasteiger partial charge in [0.25, 0.3) is 0 Å². The first-order valence-corrected chi connectivity index (χ1v) is 6.07. The summed E-state index contributed by atoms with van der Waals surface area (Å²) < 4.78 is 10.2. The van der Waals surface area contributed by atoms with E-state index in [1.807, 2.05) is 6.92 Å². The van der Waals surface area contributed by atoms with Crippen LogP contribution in [0.1, 0.15) is 40.0 Å². The van der Waals surface area contributed by atoms with Gasteiger partial charge >= 0.3 is 11.9 Å². The third kappa shape index (κ3) is 6.89. The molecule has 0 aliphatic carbocycles. The molecular weight excluding hydrogens is 232 g/mol. The Kier molecular flexibility index (Phi) is 7.76. The van der Waals surface area contributed by atoms with E-state index >= 15 is 0 Å². The summed E-state index contributed by atoms with van der Waals surface area (Å²) in [5, 5.41) is 0. The second-order valence-corrected chi connectivity index (χ2v) is 4.27. The molecule has 0 saturated carbocycles. The normalized spacial score (nSPS) is 11.5. The SMILES string of the molecule is C=C(C)C(=O)OCCCC(CC)OC(=O)C(=C)C. The van der Waals surface area contributed by atoms with Crippen LogP contribution in [0, 0.1) is 0 Å².